The maximum Gasteiger partial charge on any atom is 0.243 e. The standard InChI is InChI=1S/C11H18N2O2/c1-9(2)13(3)10(14)11(8-12)4-6-15-7-5-11/h9H,4-7H2,1-3H3. The molecule has 0 saturated carbocycles. The molecule has 1 amide bonds. The molecule has 1 rings (SSSR count). The Kier molecular flexibility index (Phi) is 3.70. The summed E-state index contributed by atoms with van der Waals surface area (Å²) in [5, 5.41) is 9.19. The third-order valence-electron chi connectivity index (χ3n) is 3.06. The first-order valence-electron chi connectivity index (χ1n) is 5.30. The minimum absolute atomic E-state index is 0.0664. The molecule has 4 heteroatoms. The highest BCUT2D eigenvalue weighted by molar-refractivity contribution is 5.85. The molecule has 0 bridgehead atoms. The summed E-state index contributed by atoms with van der Waals surface area (Å²) in [6.07, 6.45) is 1.03. The first-order chi connectivity index (χ1) is 7.03. The van der Waals surface area contributed by atoms with E-state index < -0.39 is 5.41 Å². The first-order valence-corrected chi connectivity index (χ1v) is 5.30. The topological polar surface area (TPSA) is 53.3 Å². The van der Waals surface area contributed by atoms with E-state index in [0.29, 0.717) is 26.1 Å². The molecular formula is C11H18N2O2. The SMILES string of the molecule is CC(C)N(C)C(=O)C1(C#N)CCOCC1. The molecule has 0 aromatic rings. The molecule has 1 heterocycles. The minimum Gasteiger partial charge on any atom is -0.381 e. The van der Waals surface area contributed by atoms with Gasteiger partial charge in [0.05, 0.1) is 6.07 Å². The van der Waals surface area contributed by atoms with Crippen molar-refractivity contribution in [2.75, 3.05) is 20.3 Å². The fraction of sp³-hybridized carbons (Fsp3) is 0.818. The maximum absolute atomic E-state index is 12.1. The number of carbonyl (C=O) groups excluding carboxylic acids is 1. The zero-order chi connectivity index (χ0) is 11.5. The van der Waals surface area contributed by atoms with Gasteiger partial charge >= 0.3 is 0 Å². The van der Waals surface area contributed by atoms with Crippen molar-refractivity contribution in [3.05, 3.63) is 0 Å². The van der Waals surface area contributed by atoms with Gasteiger partial charge in [-0.05, 0) is 26.7 Å². The molecule has 0 aliphatic carbocycles. The third kappa shape index (κ3) is 2.29. The second kappa shape index (κ2) is 4.63. The molecule has 0 spiro atoms. The molecular weight excluding hydrogens is 192 g/mol. The Morgan fingerprint density at radius 2 is 2.00 bits per heavy atom. The molecule has 0 unspecified atom stereocenters. The number of rotatable bonds is 2. The second-order valence-corrected chi connectivity index (χ2v) is 4.32. The van der Waals surface area contributed by atoms with Gasteiger partial charge in [0, 0.05) is 26.3 Å². The van der Waals surface area contributed by atoms with E-state index in [1.807, 2.05) is 13.8 Å². The maximum atomic E-state index is 12.1. The van der Waals surface area contributed by atoms with Crippen molar-refractivity contribution in [3.8, 4) is 6.07 Å². The predicted molar refractivity (Wildman–Crippen MR) is 56.0 cm³/mol. The molecule has 0 radical (unpaired) electrons. The van der Waals surface area contributed by atoms with E-state index in [0.717, 1.165) is 0 Å². The van der Waals surface area contributed by atoms with Gasteiger partial charge in [0.1, 0.15) is 5.41 Å². The Hall–Kier alpha value is -1.08. The van der Waals surface area contributed by atoms with Gasteiger partial charge in [-0.2, -0.15) is 5.26 Å². The largest absolute Gasteiger partial charge is 0.381 e. The van der Waals surface area contributed by atoms with Crippen LogP contribution in [-0.4, -0.2) is 37.1 Å². The van der Waals surface area contributed by atoms with E-state index in [4.69, 9.17) is 4.74 Å². The summed E-state index contributed by atoms with van der Waals surface area (Å²) in [6, 6.07) is 2.31. The lowest BCUT2D eigenvalue weighted by Crippen LogP contribution is -2.47. The molecule has 15 heavy (non-hydrogen) atoms. The number of hydrogen-bond donors (Lipinski definition) is 0. The second-order valence-electron chi connectivity index (χ2n) is 4.32. The van der Waals surface area contributed by atoms with Gasteiger partial charge in [0.15, 0.2) is 0 Å². The molecule has 1 saturated heterocycles. The molecule has 1 aliphatic heterocycles. The third-order valence-corrected chi connectivity index (χ3v) is 3.06. The summed E-state index contributed by atoms with van der Waals surface area (Å²) >= 11 is 0. The van der Waals surface area contributed by atoms with Crippen LogP contribution in [-0.2, 0) is 9.53 Å². The molecule has 0 aromatic heterocycles. The molecule has 0 N–H and O–H groups in total. The Bertz CT molecular complexity index is 275. The van der Waals surface area contributed by atoms with E-state index in [1.54, 1.807) is 11.9 Å². The van der Waals surface area contributed by atoms with E-state index in [2.05, 4.69) is 6.07 Å². The molecule has 1 aliphatic rings. The number of carbonyl (C=O) groups is 1. The minimum atomic E-state index is -0.850. The van der Waals surface area contributed by atoms with Crippen LogP contribution in [0.1, 0.15) is 26.7 Å². The van der Waals surface area contributed by atoms with Crippen molar-refractivity contribution in [3.63, 3.8) is 0 Å². The van der Waals surface area contributed by atoms with Crippen LogP contribution in [0, 0.1) is 16.7 Å². The Morgan fingerprint density at radius 3 is 2.40 bits per heavy atom. The number of hydrogen-bond acceptors (Lipinski definition) is 3. The first kappa shape index (κ1) is 12.0. The van der Waals surface area contributed by atoms with Crippen LogP contribution in [0.25, 0.3) is 0 Å². The number of nitrogens with zero attached hydrogens (tertiary/aromatic N) is 2. The lowest BCUT2D eigenvalue weighted by atomic mass is 9.80. The predicted octanol–water partition coefficient (Wildman–Crippen LogP) is 1.17. The lowest BCUT2D eigenvalue weighted by Gasteiger charge is -2.34. The zero-order valence-electron chi connectivity index (χ0n) is 9.62. The van der Waals surface area contributed by atoms with E-state index in [1.165, 1.54) is 0 Å². The summed E-state index contributed by atoms with van der Waals surface area (Å²) in [4.78, 5) is 13.8. The van der Waals surface area contributed by atoms with E-state index in [9.17, 15) is 10.1 Å². The van der Waals surface area contributed by atoms with E-state index in [-0.39, 0.29) is 11.9 Å². The molecule has 0 atom stereocenters. The monoisotopic (exact) mass is 210 g/mol. The molecule has 0 aromatic carbocycles. The summed E-state index contributed by atoms with van der Waals surface area (Å²) in [7, 11) is 1.75. The average molecular weight is 210 g/mol. The average Bonchev–Trinajstić information content (AvgIpc) is 2.27. The lowest BCUT2D eigenvalue weighted by molar-refractivity contribution is -0.143. The van der Waals surface area contributed by atoms with Crippen LogP contribution in [0.3, 0.4) is 0 Å². The van der Waals surface area contributed by atoms with Gasteiger partial charge in [-0.25, -0.2) is 0 Å². The Labute approximate surface area is 90.8 Å². The number of ether oxygens (including phenoxy) is 1. The van der Waals surface area contributed by atoms with Crippen molar-refractivity contribution in [2.45, 2.75) is 32.7 Å². The van der Waals surface area contributed by atoms with Crippen molar-refractivity contribution in [1.82, 2.24) is 4.90 Å². The van der Waals surface area contributed by atoms with Crippen LogP contribution in [0.5, 0.6) is 0 Å². The van der Waals surface area contributed by atoms with Crippen molar-refractivity contribution >= 4 is 5.91 Å². The summed E-state index contributed by atoms with van der Waals surface area (Å²) in [5.41, 5.74) is -0.850. The summed E-state index contributed by atoms with van der Waals surface area (Å²) in [6.45, 7) is 4.90. The summed E-state index contributed by atoms with van der Waals surface area (Å²) in [5.74, 6) is -0.0664. The highest BCUT2D eigenvalue weighted by Crippen LogP contribution is 2.32. The van der Waals surface area contributed by atoms with Gasteiger partial charge < -0.3 is 9.64 Å². The van der Waals surface area contributed by atoms with Gasteiger partial charge in [-0.15, -0.1) is 0 Å². The van der Waals surface area contributed by atoms with Gasteiger partial charge in [0.2, 0.25) is 5.91 Å². The van der Waals surface area contributed by atoms with Gasteiger partial charge in [0.25, 0.3) is 0 Å². The van der Waals surface area contributed by atoms with Crippen LogP contribution >= 0.6 is 0 Å². The van der Waals surface area contributed by atoms with Gasteiger partial charge in [-0.1, -0.05) is 0 Å². The van der Waals surface area contributed by atoms with Crippen molar-refractivity contribution in [2.24, 2.45) is 5.41 Å². The smallest absolute Gasteiger partial charge is 0.243 e. The highest BCUT2D eigenvalue weighted by Gasteiger charge is 2.42. The van der Waals surface area contributed by atoms with Crippen molar-refractivity contribution in [1.29, 1.82) is 5.26 Å². The normalized spacial score (nSPS) is 19.7. The van der Waals surface area contributed by atoms with Crippen LogP contribution < -0.4 is 0 Å². The quantitative estimate of drug-likeness (QED) is 0.687. The molecule has 1 fully saturated rings. The van der Waals surface area contributed by atoms with Crippen LogP contribution in [0.2, 0.25) is 0 Å². The number of nitriles is 1. The zero-order valence-corrected chi connectivity index (χ0v) is 9.62. The highest BCUT2D eigenvalue weighted by atomic mass is 16.5. The summed E-state index contributed by atoms with van der Waals surface area (Å²) < 4.78 is 5.20. The van der Waals surface area contributed by atoms with Crippen LogP contribution in [0.15, 0.2) is 0 Å². The fourth-order valence-electron chi connectivity index (χ4n) is 1.67. The molecule has 84 valence electrons. The molecule has 4 nitrogen and oxygen atoms in total. The fourth-order valence-corrected chi connectivity index (χ4v) is 1.67. The van der Waals surface area contributed by atoms with Gasteiger partial charge in [-0.3, -0.25) is 4.79 Å². The van der Waals surface area contributed by atoms with Crippen LogP contribution in [0.4, 0.5) is 0 Å². The van der Waals surface area contributed by atoms with Crippen molar-refractivity contribution < 1.29 is 9.53 Å². The Morgan fingerprint density at radius 1 is 1.47 bits per heavy atom. The van der Waals surface area contributed by atoms with E-state index >= 15 is 0 Å². The number of amides is 1. The Balaban J connectivity index is 2.82.